The molecule has 5 atom stereocenters. The van der Waals surface area contributed by atoms with Crippen molar-refractivity contribution in [2.24, 2.45) is 22.7 Å². The number of benzene rings is 1. The average molecular weight is 386 g/mol. The maximum atomic E-state index is 12.2. The lowest BCUT2D eigenvalue weighted by atomic mass is 9.43. The van der Waals surface area contributed by atoms with Crippen LogP contribution in [0.15, 0.2) is 6.07 Å². The molecule has 28 heavy (non-hydrogen) atoms. The zero-order chi connectivity index (χ0) is 20.1. The van der Waals surface area contributed by atoms with Gasteiger partial charge >= 0.3 is 0 Å². The van der Waals surface area contributed by atoms with Crippen LogP contribution in [-0.4, -0.2) is 27.8 Å². The summed E-state index contributed by atoms with van der Waals surface area (Å²) >= 11 is 0. The highest BCUT2D eigenvalue weighted by atomic mass is 16.5. The second-order valence-corrected chi connectivity index (χ2v) is 10.4. The molecule has 2 heterocycles. The average Bonchev–Trinajstić information content (AvgIpc) is 3.00. The van der Waals surface area contributed by atoms with Crippen LogP contribution in [0.3, 0.4) is 0 Å². The number of nitrogens with one attached hydrogen (secondary N) is 1. The zero-order valence-electron chi connectivity index (χ0n) is 17.3. The summed E-state index contributed by atoms with van der Waals surface area (Å²) in [6, 6.07) is 1.61. The summed E-state index contributed by atoms with van der Waals surface area (Å²) < 4.78 is 6.99. The molecule has 1 spiro atoms. The number of ether oxygens (including phenoxy) is 1. The first kappa shape index (κ1) is 18.3. The Balaban J connectivity index is 1.73. The first-order valence-electron chi connectivity index (χ1n) is 10.6. The number of hydrogen-bond donors (Lipinski definition) is 3. The minimum absolute atomic E-state index is 0.123. The van der Waals surface area contributed by atoms with Gasteiger partial charge in [-0.2, -0.15) is 0 Å². The third-order valence-corrected chi connectivity index (χ3v) is 9.01. The monoisotopic (exact) mass is 385 g/mol. The Morgan fingerprint density at radius 2 is 1.93 bits per heavy atom. The molecule has 1 aromatic carbocycles. The first-order chi connectivity index (χ1) is 13.1. The summed E-state index contributed by atoms with van der Waals surface area (Å²) in [7, 11) is 0. The van der Waals surface area contributed by atoms with Gasteiger partial charge in [0.1, 0.15) is 17.1 Å². The largest absolute Gasteiger partial charge is 0.508 e. The predicted molar refractivity (Wildman–Crippen MR) is 105 cm³/mol. The van der Waals surface area contributed by atoms with Crippen molar-refractivity contribution in [2.45, 2.75) is 78.0 Å². The van der Waals surface area contributed by atoms with Crippen molar-refractivity contribution in [3.63, 3.8) is 0 Å². The fraction of sp³-hybridized carbons (Fsp3) is 0.696. The summed E-state index contributed by atoms with van der Waals surface area (Å²) in [5.41, 5.74) is 1.53. The van der Waals surface area contributed by atoms with Gasteiger partial charge < -0.3 is 20.3 Å². The number of aliphatic hydroxyl groups is 1. The highest BCUT2D eigenvalue weighted by molar-refractivity contribution is 6.00. The van der Waals surface area contributed by atoms with Crippen molar-refractivity contribution in [3.05, 3.63) is 22.8 Å². The van der Waals surface area contributed by atoms with Crippen LogP contribution in [0.4, 0.5) is 0 Å². The van der Waals surface area contributed by atoms with Crippen molar-refractivity contribution in [1.82, 2.24) is 5.32 Å². The highest BCUT2D eigenvalue weighted by Crippen LogP contribution is 2.66. The predicted octanol–water partition coefficient (Wildman–Crippen LogP) is 3.54. The van der Waals surface area contributed by atoms with E-state index in [4.69, 9.17) is 4.74 Å². The topological polar surface area (TPSA) is 78.8 Å². The first-order valence-corrected chi connectivity index (χ1v) is 10.6. The quantitative estimate of drug-likeness (QED) is 0.638. The van der Waals surface area contributed by atoms with Crippen LogP contribution < -0.4 is 10.1 Å². The highest BCUT2D eigenvalue weighted by Gasteiger charge is 2.67. The Morgan fingerprint density at radius 1 is 1.18 bits per heavy atom. The summed E-state index contributed by atoms with van der Waals surface area (Å²) in [5.74, 6) is 1.44. The molecule has 2 aliphatic carbocycles. The van der Waals surface area contributed by atoms with E-state index in [1.54, 1.807) is 6.07 Å². The van der Waals surface area contributed by atoms with E-state index in [0.29, 0.717) is 18.0 Å². The van der Waals surface area contributed by atoms with Crippen LogP contribution in [0.5, 0.6) is 11.5 Å². The molecule has 0 radical (unpaired) electrons. The van der Waals surface area contributed by atoms with E-state index in [9.17, 15) is 15.0 Å². The van der Waals surface area contributed by atoms with Crippen LogP contribution in [-0.2, 0) is 13.0 Å². The number of fused-ring (bicyclic) bond motifs is 3. The van der Waals surface area contributed by atoms with E-state index in [2.05, 4.69) is 33.0 Å². The number of rotatable bonds is 0. The Bertz CT molecular complexity index is 878. The second kappa shape index (κ2) is 5.44. The number of aromatic hydroxyl groups is 1. The minimum Gasteiger partial charge on any atom is -0.508 e. The molecule has 0 bridgehead atoms. The molecule has 4 aliphatic rings. The van der Waals surface area contributed by atoms with E-state index in [1.807, 2.05) is 0 Å². The standard InChI is InChI=1S/C23H31NO4/c1-12-5-6-17-21(2,3)18(26)7-8-23(17)22(12,4)10-14-16(25)9-13-15(19(14)28-23)11-24-20(13)27/h9,12,17-18,25-26H,5-8,10-11H2,1-4H3,(H,24,27)/t12-,17-,18+,22+,23-/m0/s1. The van der Waals surface area contributed by atoms with Gasteiger partial charge in [-0.05, 0) is 49.5 Å². The van der Waals surface area contributed by atoms with Gasteiger partial charge in [0, 0.05) is 29.0 Å². The van der Waals surface area contributed by atoms with E-state index >= 15 is 0 Å². The van der Waals surface area contributed by atoms with Gasteiger partial charge in [0.2, 0.25) is 0 Å². The molecule has 5 heteroatoms. The van der Waals surface area contributed by atoms with Crippen LogP contribution in [0, 0.1) is 22.7 Å². The van der Waals surface area contributed by atoms with E-state index < -0.39 is 0 Å². The number of phenolic OH excluding ortho intramolecular Hbond substituents is 1. The van der Waals surface area contributed by atoms with E-state index in [0.717, 1.165) is 49.0 Å². The van der Waals surface area contributed by atoms with Crippen LogP contribution in [0.2, 0.25) is 0 Å². The fourth-order valence-electron chi connectivity index (χ4n) is 6.95. The molecule has 1 aromatic rings. The second-order valence-electron chi connectivity index (χ2n) is 10.4. The SMILES string of the molecule is C[C@H]1CC[C@H]2C(C)(C)[C@H](O)CC[C@]23Oc2c(c(O)cc4c2CNC4=O)C[C@]13C. The summed E-state index contributed by atoms with van der Waals surface area (Å²) in [4.78, 5) is 12.2. The number of amides is 1. The molecule has 5 nitrogen and oxygen atoms in total. The third-order valence-electron chi connectivity index (χ3n) is 9.01. The van der Waals surface area contributed by atoms with Crippen molar-refractivity contribution < 1.29 is 19.7 Å². The van der Waals surface area contributed by atoms with Crippen molar-refractivity contribution in [2.75, 3.05) is 0 Å². The summed E-state index contributed by atoms with van der Waals surface area (Å²) in [5, 5.41) is 24.4. The number of phenols is 1. The Kier molecular flexibility index (Phi) is 3.55. The van der Waals surface area contributed by atoms with E-state index in [1.165, 1.54) is 0 Å². The third kappa shape index (κ3) is 1.99. The fourth-order valence-corrected chi connectivity index (χ4v) is 6.95. The van der Waals surface area contributed by atoms with Crippen LogP contribution >= 0.6 is 0 Å². The minimum atomic E-state index is -0.381. The number of hydrogen-bond acceptors (Lipinski definition) is 4. The van der Waals surface area contributed by atoms with Gasteiger partial charge in [0.15, 0.2) is 0 Å². The molecule has 2 saturated carbocycles. The Morgan fingerprint density at radius 3 is 2.68 bits per heavy atom. The summed E-state index contributed by atoms with van der Waals surface area (Å²) in [6.45, 7) is 9.43. The van der Waals surface area contributed by atoms with Gasteiger partial charge in [-0.1, -0.05) is 27.7 Å². The van der Waals surface area contributed by atoms with Crippen LogP contribution in [0.1, 0.15) is 74.9 Å². The van der Waals surface area contributed by atoms with Gasteiger partial charge in [0.25, 0.3) is 5.91 Å². The molecule has 0 unspecified atom stereocenters. The lowest BCUT2D eigenvalue weighted by Gasteiger charge is -2.67. The molecular formula is C23H31NO4. The van der Waals surface area contributed by atoms with Crippen molar-refractivity contribution >= 4 is 5.91 Å². The molecular weight excluding hydrogens is 354 g/mol. The maximum Gasteiger partial charge on any atom is 0.252 e. The van der Waals surface area contributed by atoms with Gasteiger partial charge in [-0.15, -0.1) is 0 Å². The number of carbonyl (C=O) groups is 1. The molecule has 5 rings (SSSR count). The Labute approximate surface area is 166 Å². The molecule has 1 amide bonds. The van der Waals surface area contributed by atoms with E-state index in [-0.39, 0.29) is 40.1 Å². The molecule has 0 aromatic heterocycles. The molecule has 2 fully saturated rings. The van der Waals surface area contributed by atoms with Crippen LogP contribution in [0.25, 0.3) is 0 Å². The molecule has 2 aliphatic heterocycles. The molecule has 0 saturated heterocycles. The van der Waals surface area contributed by atoms with Gasteiger partial charge in [0.05, 0.1) is 11.7 Å². The van der Waals surface area contributed by atoms with Gasteiger partial charge in [-0.3, -0.25) is 4.79 Å². The number of carbonyl (C=O) groups excluding carboxylic acids is 1. The Hall–Kier alpha value is -1.75. The summed E-state index contributed by atoms with van der Waals surface area (Å²) in [6.07, 6.45) is 4.09. The molecule has 152 valence electrons. The van der Waals surface area contributed by atoms with Gasteiger partial charge in [-0.25, -0.2) is 0 Å². The lowest BCUT2D eigenvalue weighted by Crippen LogP contribution is -2.70. The molecule has 3 N–H and O–H groups in total. The van der Waals surface area contributed by atoms with Crippen molar-refractivity contribution in [1.29, 1.82) is 0 Å². The van der Waals surface area contributed by atoms with Crippen molar-refractivity contribution in [3.8, 4) is 11.5 Å². The smallest absolute Gasteiger partial charge is 0.252 e. The lowest BCUT2D eigenvalue weighted by molar-refractivity contribution is -0.233. The normalized spacial score (nSPS) is 40.5. The zero-order valence-corrected chi connectivity index (χ0v) is 17.3. The number of aliphatic hydroxyl groups excluding tert-OH is 1. The maximum absolute atomic E-state index is 12.2.